The van der Waals surface area contributed by atoms with E-state index in [1.807, 2.05) is 13.8 Å². The van der Waals surface area contributed by atoms with Gasteiger partial charge in [0.15, 0.2) is 0 Å². The van der Waals surface area contributed by atoms with E-state index in [-0.39, 0.29) is 0 Å². The van der Waals surface area contributed by atoms with Crippen molar-refractivity contribution < 1.29 is 0 Å². The molecule has 0 aromatic heterocycles. The molecule has 0 aliphatic heterocycles. The van der Waals surface area contributed by atoms with E-state index >= 15 is 0 Å². The number of rotatable bonds is 6. The molecule has 0 saturated heterocycles. The molecule has 0 aliphatic carbocycles. The predicted molar refractivity (Wildman–Crippen MR) is 64.2 cm³/mol. The molecule has 0 saturated carbocycles. The van der Waals surface area contributed by atoms with E-state index in [9.17, 15) is 0 Å². The third kappa shape index (κ3) is 6.12. The van der Waals surface area contributed by atoms with E-state index in [1.54, 1.807) is 0 Å². The van der Waals surface area contributed by atoms with Crippen LogP contribution in [0.3, 0.4) is 0 Å². The molecular formula is C13H30. The second kappa shape index (κ2) is 10.1. The zero-order valence-electron chi connectivity index (χ0n) is 10.7. The van der Waals surface area contributed by atoms with Gasteiger partial charge in [-0.1, -0.05) is 73.6 Å². The first-order chi connectivity index (χ1) is 6.24. The molecule has 0 amide bonds. The van der Waals surface area contributed by atoms with E-state index < -0.39 is 0 Å². The quantitative estimate of drug-likeness (QED) is 0.519. The molecule has 0 fully saturated rings. The summed E-state index contributed by atoms with van der Waals surface area (Å²) in [5.74, 6) is 0. The molecule has 0 aromatic rings. The Hall–Kier alpha value is 0. The van der Waals surface area contributed by atoms with Gasteiger partial charge in [-0.15, -0.1) is 0 Å². The van der Waals surface area contributed by atoms with Crippen molar-refractivity contribution in [2.45, 2.75) is 80.1 Å². The zero-order chi connectivity index (χ0) is 10.7. The van der Waals surface area contributed by atoms with Crippen molar-refractivity contribution in [1.29, 1.82) is 0 Å². The van der Waals surface area contributed by atoms with Crippen molar-refractivity contribution in [3.63, 3.8) is 0 Å². The van der Waals surface area contributed by atoms with Crippen LogP contribution in [0.5, 0.6) is 0 Å². The second-order valence-electron chi connectivity index (χ2n) is 3.66. The van der Waals surface area contributed by atoms with Gasteiger partial charge in [0.1, 0.15) is 0 Å². The molecule has 0 rings (SSSR count). The monoisotopic (exact) mass is 186 g/mol. The maximum absolute atomic E-state index is 2.34. The molecule has 13 heavy (non-hydrogen) atoms. The summed E-state index contributed by atoms with van der Waals surface area (Å²) < 4.78 is 0. The van der Waals surface area contributed by atoms with E-state index in [4.69, 9.17) is 0 Å². The van der Waals surface area contributed by atoms with Crippen molar-refractivity contribution in [2.24, 2.45) is 5.41 Å². The Kier molecular flexibility index (Phi) is 12.0. The van der Waals surface area contributed by atoms with Crippen LogP contribution in [-0.4, -0.2) is 0 Å². The average Bonchev–Trinajstić information content (AvgIpc) is 2.24. The highest BCUT2D eigenvalue weighted by Gasteiger charge is 2.22. The van der Waals surface area contributed by atoms with Gasteiger partial charge in [0.05, 0.1) is 0 Å². The minimum Gasteiger partial charge on any atom is -0.0683 e. The molecular weight excluding hydrogens is 156 g/mol. The van der Waals surface area contributed by atoms with E-state index in [0.29, 0.717) is 5.41 Å². The van der Waals surface area contributed by atoms with Crippen molar-refractivity contribution in [1.82, 2.24) is 0 Å². The van der Waals surface area contributed by atoms with Crippen molar-refractivity contribution in [3.8, 4) is 0 Å². The predicted octanol–water partition coefficient (Wildman–Crippen LogP) is 5.42. The van der Waals surface area contributed by atoms with Crippen molar-refractivity contribution in [2.75, 3.05) is 0 Å². The molecule has 0 nitrogen and oxygen atoms in total. The SMILES string of the molecule is CC.CCCCC(CC)(CC)CC. The smallest absolute Gasteiger partial charge is 0.0305 e. The molecule has 82 valence electrons. The molecule has 0 radical (unpaired) electrons. The van der Waals surface area contributed by atoms with Gasteiger partial charge in [0.2, 0.25) is 0 Å². The summed E-state index contributed by atoms with van der Waals surface area (Å²) >= 11 is 0. The lowest BCUT2D eigenvalue weighted by atomic mass is 9.76. The molecule has 0 aromatic carbocycles. The zero-order valence-corrected chi connectivity index (χ0v) is 10.7. The molecule has 0 aliphatic rings. The minimum atomic E-state index is 0.677. The van der Waals surface area contributed by atoms with Gasteiger partial charge in [-0.25, -0.2) is 0 Å². The first-order valence-electron chi connectivity index (χ1n) is 6.24. The van der Waals surface area contributed by atoms with Crippen LogP contribution < -0.4 is 0 Å². The Morgan fingerprint density at radius 1 is 0.769 bits per heavy atom. The third-order valence-corrected chi connectivity index (χ3v) is 3.31. The normalized spacial score (nSPS) is 10.6. The summed E-state index contributed by atoms with van der Waals surface area (Å²) in [7, 11) is 0. The lowest BCUT2D eigenvalue weighted by Crippen LogP contribution is -2.17. The Morgan fingerprint density at radius 2 is 1.15 bits per heavy atom. The summed E-state index contributed by atoms with van der Waals surface area (Å²) in [6.45, 7) is 13.3. The molecule has 0 heterocycles. The van der Waals surface area contributed by atoms with E-state index in [0.717, 1.165) is 0 Å². The van der Waals surface area contributed by atoms with E-state index in [2.05, 4.69) is 27.7 Å². The standard InChI is InChI=1S/C11H24.C2H6/c1-5-9-10-11(6-2,7-3)8-4;1-2/h5-10H2,1-4H3;1-2H3. The maximum atomic E-state index is 2.34. The lowest BCUT2D eigenvalue weighted by molar-refractivity contribution is 0.222. The van der Waals surface area contributed by atoms with Crippen LogP contribution in [0, 0.1) is 5.41 Å². The highest BCUT2D eigenvalue weighted by molar-refractivity contribution is 4.74. The molecule has 0 N–H and O–H groups in total. The number of unbranched alkanes of at least 4 members (excludes halogenated alkanes) is 1. The first-order valence-corrected chi connectivity index (χ1v) is 6.24. The van der Waals surface area contributed by atoms with Crippen LogP contribution in [0.1, 0.15) is 80.1 Å². The maximum Gasteiger partial charge on any atom is -0.0305 e. The largest absolute Gasteiger partial charge is 0.0683 e. The van der Waals surface area contributed by atoms with Crippen LogP contribution in [0.2, 0.25) is 0 Å². The molecule has 0 bridgehead atoms. The van der Waals surface area contributed by atoms with Gasteiger partial charge in [-0.05, 0) is 11.8 Å². The molecule has 0 spiro atoms. The second-order valence-corrected chi connectivity index (χ2v) is 3.66. The summed E-state index contributed by atoms with van der Waals surface area (Å²) in [6, 6.07) is 0. The molecule has 0 atom stereocenters. The fourth-order valence-electron chi connectivity index (χ4n) is 1.83. The van der Waals surface area contributed by atoms with Gasteiger partial charge < -0.3 is 0 Å². The highest BCUT2D eigenvalue weighted by atomic mass is 14.3. The van der Waals surface area contributed by atoms with Crippen molar-refractivity contribution >= 4 is 0 Å². The minimum absolute atomic E-state index is 0.677. The van der Waals surface area contributed by atoms with Gasteiger partial charge in [0.25, 0.3) is 0 Å². The van der Waals surface area contributed by atoms with Crippen LogP contribution in [0.15, 0.2) is 0 Å². The topological polar surface area (TPSA) is 0 Å². The third-order valence-electron chi connectivity index (χ3n) is 3.31. The fourth-order valence-corrected chi connectivity index (χ4v) is 1.83. The van der Waals surface area contributed by atoms with Crippen molar-refractivity contribution in [3.05, 3.63) is 0 Å². The van der Waals surface area contributed by atoms with E-state index in [1.165, 1.54) is 38.5 Å². The van der Waals surface area contributed by atoms with Gasteiger partial charge >= 0.3 is 0 Å². The van der Waals surface area contributed by atoms with Crippen LogP contribution in [-0.2, 0) is 0 Å². The average molecular weight is 186 g/mol. The summed E-state index contributed by atoms with van der Waals surface area (Å²) in [5, 5.41) is 0. The number of hydrogen-bond donors (Lipinski definition) is 0. The van der Waals surface area contributed by atoms with Crippen LogP contribution in [0.25, 0.3) is 0 Å². The fraction of sp³-hybridized carbons (Fsp3) is 1.00. The first kappa shape index (κ1) is 15.5. The van der Waals surface area contributed by atoms with Gasteiger partial charge in [0, 0.05) is 0 Å². The summed E-state index contributed by atoms with van der Waals surface area (Å²) in [6.07, 6.45) is 8.28. The van der Waals surface area contributed by atoms with Gasteiger partial charge in [-0.3, -0.25) is 0 Å². The summed E-state index contributed by atoms with van der Waals surface area (Å²) in [4.78, 5) is 0. The molecule has 0 unspecified atom stereocenters. The Balaban J connectivity index is 0. The van der Waals surface area contributed by atoms with Gasteiger partial charge in [-0.2, -0.15) is 0 Å². The van der Waals surface area contributed by atoms with Crippen LogP contribution >= 0.6 is 0 Å². The Morgan fingerprint density at radius 3 is 1.38 bits per heavy atom. The number of hydrogen-bond acceptors (Lipinski definition) is 0. The van der Waals surface area contributed by atoms with Crippen LogP contribution in [0.4, 0.5) is 0 Å². The lowest BCUT2D eigenvalue weighted by Gasteiger charge is -2.30. The highest BCUT2D eigenvalue weighted by Crippen LogP contribution is 2.35. The Labute approximate surface area is 86.1 Å². The molecule has 0 heteroatoms. The summed E-state index contributed by atoms with van der Waals surface area (Å²) in [5.41, 5.74) is 0.677. The Bertz CT molecular complexity index is 71.8.